The van der Waals surface area contributed by atoms with Gasteiger partial charge in [0.05, 0.1) is 5.56 Å². The summed E-state index contributed by atoms with van der Waals surface area (Å²) < 4.78 is 4.93. The molecule has 1 rings (SSSR count). The second kappa shape index (κ2) is 8.24. The highest BCUT2D eigenvalue weighted by Crippen LogP contribution is 2.14. The molecule has 0 aliphatic carbocycles. The normalized spacial score (nSPS) is 10.4. The first-order valence-corrected chi connectivity index (χ1v) is 6.36. The van der Waals surface area contributed by atoms with Crippen LogP contribution in [0.5, 0.6) is 0 Å². The van der Waals surface area contributed by atoms with E-state index in [1.807, 2.05) is 0 Å². The lowest BCUT2D eigenvalue weighted by Crippen LogP contribution is -2.25. The number of aromatic nitrogens is 2. The fourth-order valence-corrected chi connectivity index (χ4v) is 1.68. The molecule has 1 N–H and O–H groups in total. The van der Waals surface area contributed by atoms with Crippen molar-refractivity contribution < 1.29 is 9.53 Å². The summed E-state index contributed by atoms with van der Waals surface area (Å²) in [6.45, 7) is 1.32. The summed E-state index contributed by atoms with van der Waals surface area (Å²) >= 11 is 11.4. The highest BCUT2D eigenvalue weighted by atomic mass is 35.5. The maximum absolute atomic E-state index is 11.8. The van der Waals surface area contributed by atoms with Gasteiger partial charge in [0, 0.05) is 20.3 Å². The number of unbranched alkanes of at least 4 members (excludes halogenated alkanes) is 2. The van der Waals surface area contributed by atoms with Crippen LogP contribution in [-0.2, 0) is 4.74 Å². The SMILES string of the molecule is COCCCCCNC(=O)c1cc(Cl)nnc1Cl. The molecular formula is C11H15Cl2N3O2. The van der Waals surface area contributed by atoms with Gasteiger partial charge in [-0.3, -0.25) is 4.79 Å². The quantitative estimate of drug-likeness (QED) is 0.783. The van der Waals surface area contributed by atoms with Crippen molar-refractivity contribution in [2.24, 2.45) is 0 Å². The summed E-state index contributed by atoms with van der Waals surface area (Å²) in [6, 6.07) is 1.40. The molecule has 0 fully saturated rings. The van der Waals surface area contributed by atoms with Crippen molar-refractivity contribution in [3.05, 3.63) is 21.9 Å². The van der Waals surface area contributed by atoms with Crippen molar-refractivity contribution in [3.63, 3.8) is 0 Å². The largest absolute Gasteiger partial charge is 0.385 e. The molecule has 100 valence electrons. The van der Waals surface area contributed by atoms with Gasteiger partial charge in [0.15, 0.2) is 10.3 Å². The number of carbonyl (C=O) groups is 1. The van der Waals surface area contributed by atoms with E-state index >= 15 is 0 Å². The number of amides is 1. The van der Waals surface area contributed by atoms with E-state index in [0.717, 1.165) is 25.9 Å². The van der Waals surface area contributed by atoms with Crippen molar-refractivity contribution in [1.82, 2.24) is 15.5 Å². The van der Waals surface area contributed by atoms with Gasteiger partial charge in [0.25, 0.3) is 5.91 Å². The van der Waals surface area contributed by atoms with Gasteiger partial charge < -0.3 is 10.1 Å². The summed E-state index contributed by atoms with van der Waals surface area (Å²) in [5.74, 6) is -0.288. The van der Waals surface area contributed by atoms with Gasteiger partial charge in [-0.25, -0.2) is 0 Å². The summed E-state index contributed by atoms with van der Waals surface area (Å²) in [7, 11) is 1.67. The zero-order valence-corrected chi connectivity index (χ0v) is 11.6. The lowest BCUT2D eigenvalue weighted by atomic mass is 10.2. The number of nitrogens with zero attached hydrogens (tertiary/aromatic N) is 2. The molecule has 0 unspecified atom stereocenters. The standard InChI is InChI=1S/C11H15Cl2N3O2/c1-18-6-4-2-3-5-14-11(17)8-7-9(12)15-16-10(8)13/h7H,2-6H2,1H3,(H,14,17). The van der Waals surface area contributed by atoms with Crippen LogP contribution in [0.15, 0.2) is 6.07 Å². The van der Waals surface area contributed by atoms with Crippen molar-refractivity contribution >= 4 is 29.1 Å². The maximum atomic E-state index is 11.8. The van der Waals surface area contributed by atoms with Gasteiger partial charge in [0.1, 0.15) is 0 Å². The van der Waals surface area contributed by atoms with Gasteiger partial charge in [-0.05, 0) is 25.3 Å². The summed E-state index contributed by atoms with van der Waals surface area (Å²) in [5, 5.41) is 10.1. The summed E-state index contributed by atoms with van der Waals surface area (Å²) in [4.78, 5) is 11.8. The molecule has 0 aromatic carbocycles. The van der Waals surface area contributed by atoms with Crippen LogP contribution in [0, 0.1) is 0 Å². The molecule has 0 saturated carbocycles. The van der Waals surface area contributed by atoms with Crippen LogP contribution >= 0.6 is 23.2 Å². The Morgan fingerprint density at radius 1 is 1.33 bits per heavy atom. The first-order valence-electron chi connectivity index (χ1n) is 5.61. The topological polar surface area (TPSA) is 64.1 Å². The van der Waals surface area contributed by atoms with E-state index in [4.69, 9.17) is 27.9 Å². The zero-order chi connectivity index (χ0) is 13.4. The second-order valence-corrected chi connectivity index (χ2v) is 4.43. The van der Waals surface area contributed by atoms with Crippen molar-refractivity contribution in [3.8, 4) is 0 Å². The molecule has 0 saturated heterocycles. The van der Waals surface area contributed by atoms with E-state index in [0.29, 0.717) is 6.54 Å². The number of methoxy groups -OCH3 is 1. The molecule has 5 nitrogen and oxygen atoms in total. The van der Waals surface area contributed by atoms with Gasteiger partial charge in [-0.2, -0.15) is 0 Å². The van der Waals surface area contributed by atoms with E-state index < -0.39 is 0 Å². The number of ether oxygens (including phenoxy) is 1. The van der Waals surface area contributed by atoms with E-state index in [-0.39, 0.29) is 21.8 Å². The Bertz CT molecular complexity index is 402. The number of carbonyl (C=O) groups excluding carboxylic acids is 1. The average molecular weight is 292 g/mol. The molecule has 18 heavy (non-hydrogen) atoms. The molecule has 0 aliphatic heterocycles. The van der Waals surface area contributed by atoms with Crippen molar-refractivity contribution in [1.29, 1.82) is 0 Å². The first kappa shape index (κ1) is 15.1. The highest BCUT2D eigenvalue weighted by molar-refractivity contribution is 6.34. The fourth-order valence-electron chi connectivity index (χ4n) is 1.36. The van der Waals surface area contributed by atoms with E-state index in [2.05, 4.69) is 15.5 Å². The van der Waals surface area contributed by atoms with Crippen molar-refractivity contribution in [2.75, 3.05) is 20.3 Å². The number of hydrogen-bond acceptors (Lipinski definition) is 4. The minimum absolute atomic E-state index is 0.0521. The van der Waals surface area contributed by atoms with E-state index in [1.165, 1.54) is 6.07 Å². The van der Waals surface area contributed by atoms with Crippen LogP contribution in [0.4, 0.5) is 0 Å². The van der Waals surface area contributed by atoms with Crippen LogP contribution in [0.25, 0.3) is 0 Å². The molecule has 1 aromatic rings. The molecule has 0 aliphatic rings. The summed E-state index contributed by atoms with van der Waals surface area (Å²) in [6.07, 6.45) is 2.87. The molecule has 1 heterocycles. The molecule has 0 radical (unpaired) electrons. The molecule has 0 atom stereocenters. The molecule has 0 bridgehead atoms. The third-order valence-electron chi connectivity index (χ3n) is 2.27. The van der Waals surface area contributed by atoms with Gasteiger partial charge in [-0.1, -0.05) is 23.2 Å². The minimum Gasteiger partial charge on any atom is -0.385 e. The van der Waals surface area contributed by atoms with E-state index in [9.17, 15) is 4.79 Å². The Morgan fingerprint density at radius 3 is 2.83 bits per heavy atom. The Kier molecular flexibility index (Phi) is 6.93. The third kappa shape index (κ3) is 5.16. The predicted molar refractivity (Wildman–Crippen MR) is 70.1 cm³/mol. The monoisotopic (exact) mass is 291 g/mol. The lowest BCUT2D eigenvalue weighted by Gasteiger charge is -2.06. The van der Waals surface area contributed by atoms with Crippen LogP contribution in [0.1, 0.15) is 29.6 Å². The van der Waals surface area contributed by atoms with Crippen LogP contribution in [-0.4, -0.2) is 36.4 Å². The third-order valence-corrected chi connectivity index (χ3v) is 2.74. The first-order chi connectivity index (χ1) is 8.65. The Hall–Kier alpha value is -0.910. The Labute approximate surface area is 116 Å². The lowest BCUT2D eigenvalue weighted by molar-refractivity contribution is 0.0952. The number of halogens is 2. The molecule has 1 aromatic heterocycles. The van der Waals surface area contributed by atoms with E-state index in [1.54, 1.807) is 7.11 Å². The highest BCUT2D eigenvalue weighted by Gasteiger charge is 2.12. The predicted octanol–water partition coefficient (Wildman–Crippen LogP) is 2.33. The maximum Gasteiger partial charge on any atom is 0.254 e. The molecule has 0 spiro atoms. The van der Waals surface area contributed by atoms with Gasteiger partial charge in [0.2, 0.25) is 0 Å². The van der Waals surface area contributed by atoms with Crippen molar-refractivity contribution in [2.45, 2.75) is 19.3 Å². The van der Waals surface area contributed by atoms with Crippen LogP contribution in [0.2, 0.25) is 10.3 Å². The van der Waals surface area contributed by atoms with Crippen LogP contribution in [0.3, 0.4) is 0 Å². The fraction of sp³-hybridized carbons (Fsp3) is 0.545. The average Bonchev–Trinajstić information content (AvgIpc) is 2.36. The molecule has 7 heteroatoms. The number of rotatable bonds is 7. The zero-order valence-electron chi connectivity index (χ0n) is 10.1. The van der Waals surface area contributed by atoms with Crippen LogP contribution < -0.4 is 5.32 Å². The molecule has 1 amide bonds. The summed E-state index contributed by atoms with van der Waals surface area (Å²) in [5.41, 5.74) is 0.244. The Balaban J connectivity index is 2.34. The molecular weight excluding hydrogens is 277 g/mol. The van der Waals surface area contributed by atoms with Gasteiger partial charge >= 0.3 is 0 Å². The second-order valence-electron chi connectivity index (χ2n) is 3.68. The Morgan fingerprint density at radius 2 is 2.11 bits per heavy atom. The minimum atomic E-state index is -0.288. The smallest absolute Gasteiger partial charge is 0.254 e. The number of nitrogens with one attached hydrogen (secondary N) is 1. The number of hydrogen-bond donors (Lipinski definition) is 1. The van der Waals surface area contributed by atoms with Gasteiger partial charge in [-0.15, -0.1) is 10.2 Å².